The predicted octanol–water partition coefficient (Wildman–Crippen LogP) is 3.90. The summed E-state index contributed by atoms with van der Waals surface area (Å²) in [6.45, 7) is 4.40. The lowest BCUT2D eigenvalue weighted by molar-refractivity contribution is -0.117. The van der Waals surface area contributed by atoms with Crippen molar-refractivity contribution in [2.75, 3.05) is 11.9 Å². The van der Waals surface area contributed by atoms with Crippen LogP contribution in [0.25, 0.3) is 0 Å². The van der Waals surface area contributed by atoms with E-state index in [-0.39, 0.29) is 16.7 Å². The molecule has 1 atom stereocenters. The maximum Gasteiger partial charge on any atom is 0.240 e. The number of hydrogen-bond donors (Lipinski definition) is 2. The van der Waals surface area contributed by atoms with Crippen molar-refractivity contribution < 1.29 is 13.2 Å². The third kappa shape index (κ3) is 5.41. The van der Waals surface area contributed by atoms with Gasteiger partial charge in [0.2, 0.25) is 15.9 Å². The molecule has 6 heteroatoms. The van der Waals surface area contributed by atoms with Crippen LogP contribution < -0.4 is 10.0 Å². The van der Waals surface area contributed by atoms with Crippen LogP contribution in [-0.2, 0) is 14.8 Å². The highest BCUT2D eigenvalue weighted by Gasteiger charge is 2.19. The summed E-state index contributed by atoms with van der Waals surface area (Å²) in [6, 6.07) is 15.9. The monoisotopic (exact) mass is 374 g/mol. The Kier molecular flexibility index (Phi) is 7.36. The Morgan fingerprint density at radius 3 is 2.23 bits per heavy atom. The molecule has 0 bridgehead atoms. The second-order valence-electron chi connectivity index (χ2n) is 6.14. The molecule has 0 spiro atoms. The van der Waals surface area contributed by atoms with E-state index in [9.17, 15) is 13.2 Å². The van der Waals surface area contributed by atoms with E-state index in [0.717, 1.165) is 18.4 Å². The van der Waals surface area contributed by atoms with Gasteiger partial charge in [0.15, 0.2) is 0 Å². The van der Waals surface area contributed by atoms with Crippen LogP contribution in [0.4, 0.5) is 5.69 Å². The summed E-state index contributed by atoms with van der Waals surface area (Å²) in [5.41, 5.74) is 1.55. The average molecular weight is 375 g/mol. The Morgan fingerprint density at radius 2 is 1.65 bits per heavy atom. The van der Waals surface area contributed by atoms with Crippen LogP contribution >= 0.6 is 0 Å². The molecule has 0 radical (unpaired) electrons. The summed E-state index contributed by atoms with van der Waals surface area (Å²) < 4.78 is 26.9. The molecule has 0 unspecified atom stereocenters. The molecular weight excluding hydrogens is 348 g/mol. The number of carbonyl (C=O) groups is 1. The molecular formula is C20H26N2O3S. The van der Waals surface area contributed by atoms with Crippen molar-refractivity contribution in [2.24, 2.45) is 0 Å². The van der Waals surface area contributed by atoms with Crippen LogP contribution in [0.15, 0.2) is 59.5 Å². The first-order valence-electron chi connectivity index (χ1n) is 8.93. The zero-order chi connectivity index (χ0) is 19.0. The van der Waals surface area contributed by atoms with Crippen molar-refractivity contribution in [1.29, 1.82) is 0 Å². The molecule has 0 fully saturated rings. The normalized spacial score (nSPS) is 12.5. The fourth-order valence-corrected chi connectivity index (χ4v) is 3.75. The summed E-state index contributed by atoms with van der Waals surface area (Å²) in [5.74, 6) is -0.342. The highest BCUT2D eigenvalue weighted by Crippen LogP contribution is 2.22. The topological polar surface area (TPSA) is 75.3 Å². The third-order valence-corrected chi connectivity index (χ3v) is 5.66. The van der Waals surface area contributed by atoms with Gasteiger partial charge in [-0.05, 0) is 42.7 Å². The van der Waals surface area contributed by atoms with Gasteiger partial charge in [-0.2, -0.15) is 0 Å². The van der Waals surface area contributed by atoms with Gasteiger partial charge in [-0.3, -0.25) is 4.79 Å². The number of benzene rings is 2. The second-order valence-corrected chi connectivity index (χ2v) is 7.90. The van der Waals surface area contributed by atoms with Gasteiger partial charge in [0.25, 0.3) is 0 Å². The van der Waals surface area contributed by atoms with Gasteiger partial charge >= 0.3 is 0 Å². The molecule has 140 valence electrons. The van der Waals surface area contributed by atoms with E-state index in [2.05, 4.69) is 10.0 Å². The lowest BCUT2D eigenvalue weighted by atomic mass is 9.95. The Labute approximate surface area is 155 Å². The van der Waals surface area contributed by atoms with Crippen LogP contribution in [0.3, 0.4) is 0 Å². The maximum atomic E-state index is 12.6. The number of rotatable bonds is 9. The molecule has 2 N–H and O–H groups in total. The van der Waals surface area contributed by atoms with E-state index in [1.165, 1.54) is 12.1 Å². The zero-order valence-corrected chi connectivity index (χ0v) is 16.1. The SMILES string of the molecule is CCCCNS(=O)(=O)c1ccc(NC(=O)[C@@H](CC)c2ccccc2)cc1. The zero-order valence-electron chi connectivity index (χ0n) is 15.2. The number of carbonyl (C=O) groups excluding carboxylic acids is 1. The van der Waals surface area contributed by atoms with E-state index < -0.39 is 10.0 Å². The van der Waals surface area contributed by atoms with E-state index in [1.54, 1.807) is 12.1 Å². The second kappa shape index (κ2) is 9.50. The Balaban J connectivity index is 2.05. The average Bonchev–Trinajstić information content (AvgIpc) is 2.64. The van der Waals surface area contributed by atoms with E-state index >= 15 is 0 Å². The van der Waals surface area contributed by atoms with Crippen molar-refractivity contribution in [1.82, 2.24) is 4.72 Å². The van der Waals surface area contributed by atoms with Gasteiger partial charge < -0.3 is 5.32 Å². The molecule has 0 saturated heterocycles. The third-order valence-electron chi connectivity index (χ3n) is 4.18. The molecule has 26 heavy (non-hydrogen) atoms. The molecule has 0 heterocycles. The van der Waals surface area contributed by atoms with Crippen LogP contribution in [0.5, 0.6) is 0 Å². The lowest BCUT2D eigenvalue weighted by Gasteiger charge is -2.15. The molecule has 0 aromatic heterocycles. The molecule has 2 aromatic rings. The quantitative estimate of drug-likeness (QED) is 0.654. The van der Waals surface area contributed by atoms with Crippen molar-refractivity contribution in [3.63, 3.8) is 0 Å². The minimum atomic E-state index is -3.50. The number of unbranched alkanes of at least 4 members (excludes halogenated alkanes) is 1. The fourth-order valence-electron chi connectivity index (χ4n) is 2.67. The lowest BCUT2D eigenvalue weighted by Crippen LogP contribution is -2.24. The van der Waals surface area contributed by atoms with Gasteiger partial charge in [-0.1, -0.05) is 50.6 Å². The molecule has 0 aliphatic heterocycles. The highest BCUT2D eigenvalue weighted by molar-refractivity contribution is 7.89. The summed E-state index contributed by atoms with van der Waals surface area (Å²) in [7, 11) is -3.50. The Hall–Kier alpha value is -2.18. The summed E-state index contributed by atoms with van der Waals surface area (Å²) >= 11 is 0. The number of hydrogen-bond acceptors (Lipinski definition) is 3. The first kappa shape index (κ1) is 20.1. The van der Waals surface area contributed by atoms with Gasteiger partial charge in [-0.25, -0.2) is 13.1 Å². The van der Waals surface area contributed by atoms with Crippen LogP contribution in [0.2, 0.25) is 0 Å². The summed E-state index contributed by atoms with van der Waals surface area (Å²) in [6.07, 6.45) is 2.41. The molecule has 5 nitrogen and oxygen atoms in total. The van der Waals surface area contributed by atoms with Crippen LogP contribution in [0, 0.1) is 0 Å². The van der Waals surface area contributed by atoms with Crippen molar-refractivity contribution >= 4 is 21.6 Å². The number of anilines is 1. The molecule has 0 aliphatic rings. The Bertz CT molecular complexity index is 803. The molecule has 0 saturated carbocycles. The highest BCUT2D eigenvalue weighted by atomic mass is 32.2. The van der Waals surface area contributed by atoms with Crippen molar-refractivity contribution in [3.8, 4) is 0 Å². The van der Waals surface area contributed by atoms with Crippen LogP contribution in [0.1, 0.15) is 44.6 Å². The molecule has 1 amide bonds. The predicted molar refractivity (Wildman–Crippen MR) is 105 cm³/mol. The van der Waals surface area contributed by atoms with Gasteiger partial charge in [0, 0.05) is 12.2 Å². The Morgan fingerprint density at radius 1 is 1.00 bits per heavy atom. The summed E-state index contributed by atoms with van der Waals surface area (Å²) in [4.78, 5) is 12.8. The fraction of sp³-hybridized carbons (Fsp3) is 0.350. The molecule has 2 aromatic carbocycles. The smallest absolute Gasteiger partial charge is 0.240 e. The largest absolute Gasteiger partial charge is 0.326 e. The maximum absolute atomic E-state index is 12.6. The van der Waals surface area contributed by atoms with E-state index in [1.807, 2.05) is 44.2 Å². The molecule has 0 aliphatic carbocycles. The van der Waals surface area contributed by atoms with Crippen molar-refractivity contribution in [2.45, 2.75) is 43.9 Å². The van der Waals surface area contributed by atoms with Crippen molar-refractivity contribution in [3.05, 3.63) is 60.2 Å². The summed E-state index contributed by atoms with van der Waals surface area (Å²) in [5, 5.41) is 2.87. The van der Waals surface area contributed by atoms with Gasteiger partial charge in [-0.15, -0.1) is 0 Å². The standard InChI is InChI=1S/C20H26N2O3S/c1-3-5-15-21-26(24,25)18-13-11-17(12-14-18)22-20(23)19(4-2)16-9-7-6-8-10-16/h6-14,19,21H,3-5,15H2,1-2H3,(H,22,23)/t19-/m0/s1. The first-order chi connectivity index (χ1) is 12.5. The van der Waals surface area contributed by atoms with E-state index in [0.29, 0.717) is 18.7 Å². The minimum absolute atomic E-state index is 0.102. The van der Waals surface area contributed by atoms with Crippen LogP contribution in [-0.4, -0.2) is 20.9 Å². The number of nitrogens with one attached hydrogen (secondary N) is 2. The minimum Gasteiger partial charge on any atom is -0.326 e. The van der Waals surface area contributed by atoms with Gasteiger partial charge in [0.05, 0.1) is 10.8 Å². The van der Waals surface area contributed by atoms with E-state index in [4.69, 9.17) is 0 Å². The number of sulfonamides is 1. The van der Waals surface area contributed by atoms with Gasteiger partial charge in [0.1, 0.15) is 0 Å². The first-order valence-corrected chi connectivity index (χ1v) is 10.4. The molecule has 2 rings (SSSR count). The number of amides is 1.